The lowest BCUT2D eigenvalue weighted by molar-refractivity contribution is -0.115. The summed E-state index contributed by atoms with van der Waals surface area (Å²) >= 11 is 4.87. The van der Waals surface area contributed by atoms with Crippen LogP contribution in [0.2, 0.25) is 0 Å². The van der Waals surface area contributed by atoms with E-state index in [2.05, 4.69) is 38.4 Å². The Morgan fingerprint density at radius 3 is 2.62 bits per heavy atom. The monoisotopic (exact) mass is 422 g/mol. The first-order valence-corrected chi connectivity index (χ1v) is 9.84. The molecule has 1 amide bonds. The van der Waals surface area contributed by atoms with Crippen molar-refractivity contribution >= 4 is 49.1 Å². The number of nitrogens with one attached hydrogen (secondary N) is 1. The maximum atomic E-state index is 12.5. The van der Waals surface area contributed by atoms with E-state index in [9.17, 15) is 4.79 Å². The van der Waals surface area contributed by atoms with E-state index in [0.29, 0.717) is 11.6 Å². The quantitative estimate of drug-likeness (QED) is 0.444. The predicted octanol–water partition coefficient (Wildman–Crippen LogP) is 5.91. The molecule has 1 aromatic heterocycles. The number of hydrogen-bond acceptors (Lipinski definition) is 3. The van der Waals surface area contributed by atoms with Crippen LogP contribution in [0.3, 0.4) is 0 Å². The van der Waals surface area contributed by atoms with E-state index in [4.69, 9.17) is 0 Å². The highest BCUT2D eigenvalue weighted by Crippen LogP contribution is 2.26. The van der Waals surface area contributed by atoms with Gasteiger partial charge in [0.15, 0.2) is 5.13 Å². The van der Waals surface area contributed by atoms with E-state index in [1.54, 1.807) is 0 Å². The van der Waals surface area contributed by atoms with Crippen molar-refractivity contribution in [3.8, 4) is 11.3 Å². The fourth-order valence-electron chi connectivity index (χ4n) is 2.87. The van der Waals surface area contributed by atoms with Gasteiger partial charge in [-0.25, -0.2) is 4.98 Å². The number of anilines is 1. The van der Waals surface area contributed by atoms with Crippen LogP contribution in [0.1, 0.15) is 5.56 Å². The van der Waals surface area contributed by atoms with Crippen molar-refractivity contribution in [3.05, 3.63) is 82.1 Å². The lowest BCUT2D eigenvalue weighted by atomic mass is 10.0. The van der Waals surface area contributed by atoms with Gasteiger partial charge in [-0.05, 0) is 28.5 Å². The van der Waals surface area contributed by atoms with Crippen LogP contribution in [0.15, 0.2) is 76.6 Å². The molecule has 128 valence electrons. The number of hydrogen-bond donors (Lipinski definition) is 1. The standard InChI is InChI=1S/C21H15BrN2OS/c22-17-10-8-15(9-11-17)19-13-26-21(23-19)24-20(25)12-16-6-3-5-14-4-1-2-7-18(14)16/h1-11,13H,12H2,(H,23,24,25). The zero-order valence-electron chi connectivity index (χ0n) is 13.8. The summed E-state index contributed by atoms with van der Waals surface area (Å²) in [6.45, 7) is 0. The number of rotatable bonds is 4. The minimum atomic E-state index is -0.0574. The Labute approximate surface area is 163 Å². The topological polar surface area (TPSA) is 42.0 Å². The van der Waals surface area contributed by atoms with Gasteiger partial charge in [0.25, 0.3) is 0 Å². The van der Waals surface area contributed by atoms with Crippen LogP contribution < -0.4 is 5.32 Å². The molecule has 3 nitrogen and oxygen atoms in total. The van der Waals surface area contributed by atoms with Crippen LogP contribution in [-0.4, -0.2) is 10.9 Å². The highest BCUT2D eigenvalue weighted by molar-refractivity contribution is 9.10. The summed E-state index contributed by atoms with van der Waals surface area (Å²) in [5.41, 5.74) is 2.91. The number of fused-ring (bicyclic) bond motifs is 1. The Morgan fingerprint density at radius 1 is 1.00 bits per heavy atom. The zero-order valence-corrected chi connectivity index (χ0v) is 16.2. The maximum Gasteiger partial charge on any atom is 0.230 e. The van der Waals surface area contributed by atoms with E-state index >= 15 is 0 Å². The molecule has 26 heavy (non-hydrogen) atoms. The normalized spacial score (nSPS) is 10.8. The second kappa shape index (κ2) is 7.40. The van der Waals surface area contributed by atoms with Crippen molar-refractivity contribution in [2.75, 3.05) is 5.32 Å². The molecule has 0 aliphatic rings. The molecule has 5 heteroatoms. The van der Waals surface area contributed by atoms with Crippen molar-refractivity contribution in [2.45, 2.75) is 6.42 Å². The third-order valence-electron chi connectivity index (χ3n) is 4.12. The third-order valence-corrected chi connectivity index (χ3v) is 5.41. The van der Waals surface area contributed by atoms with Gasteiger partial charge in [0.1, 0.15) is 0 Å². The third kappa shape index (κ3) is 3.69. The molecule has 1 N–H and O–H groups in total. The van der Waals surface area contributed by atoms with E-state index in [0.717, 1.165) is 32.1 Å². The Hall–Kier alpha value is -2.50. The van der Waals surface area contributed by atoms with Crippen molar-refractivity contribution in [2.24, 2.45) is 0 Å². The van der Waals surface area contributed by atoms with Gasteiger partial charge in [-0.3, -0.25) is 4.79 Å². The number of thiazole rings is 1. The molecule has 4 rings (SSSR count). The van der Waals surface area contributed by atoms with Crippen LogP contribution in [0.25, 0.3) is 22.0 Å². The first-order chi connectivity index (χ1) is 12.7. The summed E-state index contributed by atoms with van der Waals surface area (Å²) in [6.07, 6.45) is 0.328. The highest BCUT2D eigenvalue weighted by atomic mass is 79.9. The van der Waals surface area contributed by atoms with Crippen LogP contribution in [0.4, 0.5) is 5.13 Å². The van der Waals surface area contributed by atoms with Crippen LogP contribution in [0, 0.1) is 0 Å². The predicted molar refractivity (Wildman–Crippen MR) is 112 cm³/mol. The summed E-state index contributed by atoms with van der Waals surface area (Å²) in [7, 11) is 0. The number of nitrogens with zero attached hydrogens (tertiary/aromatic N) is 1. The number of benzene rings is 3. The number of amides is 1. The minimum absolute atomic E-state index is 0.0574. The number of halogens is 1. The van der Waals surface area contributed by atoms with E-state index in [1.165, 1.54) is 11.3 Å². The summed E-state index contributed by atoms with van der Waals surface area (Å²) in [5, 5.41) is 7.74. The molecule has 0 spiro atoms. The first kappa shape index (κ1) is 16.9. The van der Waals surface area contributed by atoms with Crippen LogP contribution in [-0.2, 0) is 11.2 Å². The minimum Gasteiger partial charge on any atom is -0.302 e. The molecule has 0 saturated carbocycles. The largest absolute Gasteiger partial charge is 0.302 e. The molecule has 0 fully saturated rings. The lowest BCUT2D eigenvalue weighted by Gasteiger charge is -2.06. The highest BCUT2D eigenvalue weighted by Gasteiger charge is 2.10. The van der Waals surface area contributed by atoms with Crippen molar-refractivity contribution in [1.82, 2.24) is 4.98 Å². The molecular formula is C21H15BrN2OS. The van der Waals surface area contributed by atoms with Crippen LogP contribution >= 0.6 is 27.3 Å². The summed E-state index contributed by atoms with van der Waals surface area (Å²) in [6, 6.07) is 22.1. The second-order valence-corrected chi connectivity index (χ2v) is 7.68. The molecule has 0 saturated heterocycles. The smallest absolute Gasteiger partial charge is 0.230 e. The van der Waals surface area contributed by atoms with Crippen molar-refractivity contribution < 1.29 is 4.79 Å². The molecule has 0 unspecified atom stereocenters. The molecule has 0 radical (unpaired) electrons. The SMILES string of the molecule is O=C(Cc1cccc2ccccc12)Nc1nc(-c2ccc(Br)cc2)cs1. The molecule has 4 aromatic rings. The Kier molecular flexibility index (Phi) is 4.82. The molecule has 0 aliphatic heterocycles. The van der Waals surface area contributed by atoms with Crippen LogP contribution in [0.5, 0.6) is 0 Å². The van der Waals surface area contributed by atoms with Gasteiger partial charge in [-0.1, -0.05) is 70.5 Å². The van der Waals surface area contributed by atoms with E-state index < -0.39 is 0 Å². The van der Waals surface area contributed by atoms with Gasteiger partial charge in [0.2, 0.25) is 5.91 Å². The maximum absolute atomic E-state index is 12.5. The van der Waals surface area contributed by atoms with E-state index in [1.807, 2.05) is 60.0 Å². The van der Waals surface area contributed by atoms with Gasteiger partial charge in [0.05, 0.1) is 12.1 Å². The Balaban J connectivity index is 1.49. The summed E-state index contributed by atoms with van der Waals surface area (Å²) in [5.74, 6) is -0.0574. The summed E-state index contributed by atoms with van der Waals surface area (Å²) in [4.78, 5) is 17.0. The average molecular weight is 423 g/mol. The number of carbonyl (C=O) groups excluding carboxylic acids is 1. The molecule has 0 aliphatic carbocycles. The first-order valence-electron chi connectivity index (χ1n) is 8.17. The fourth-order valence-corrected chi connectivity index (χ4v) is 3.87. The zero-order chi connectivity index (χ0) is 17.9. The molecular weight excluding hydrogens is 408 g/mol. The second-order valence-electron chi connectivity index (χ2n) is 5.91. The molecule has 0 atom stereocenters. The van der Waals surface area contributed by atoms with Crippen molar-refractivity contribution in [3.63, 3.8) is 0 Å². The van der Waals surface area contributed by atoms with Gasteiger partial charge >= 0.3 is 0 Å². The van der Waals surface area contributed by atoms with Gasteiger partial charge < -0.3 is 5.32 Å². The molecule has 3 aromatic carbocycles. The Bertz CT molecular complexity index is 1070. The average Bonchev–Trinajstić information content (AvgIpc) is 3.11. The van der Waals surface area contributed by atoms with Crippen molar-refractivity contribution in [1.29, 1.82) is 0 Å². The lowest BCUT2D eigenvalue weighted by Crippen LogP contribution is -2.14. The Morgan fingerprint density at radius 2 is 1.77 bits per heavy atom. The molecule has 1 heterocycles. The summed E-state index contributed by atoms with van der Waals surface area (Å²) < 4.78 is 1.03. The van der Waals surface area contributed by atoms with Gasteiger partial charge in [-0.2, -0.15) is 0 Å². The number of aromatic nitrogens is 1. The fraction of sp³-hybridized carbons (Fsp3) is 0.0476. The number of carbonyl (C=O) groups is 1. The van der Waals surface area contributed by atoms with E-state index in [-0.39, 0.29) is 5.91 Å². The van der Waals surface area contributed by atoms with Gasteiger partial charge in [-0.15, -0.1) is 11.3 Å². The van der Waals surface area contributed by atoms with Gasteiger partial charge in [0, 0.05) is 15.4 Å². The molecule has 0 bridgehead atoms.